The van der Waals surface area contributed by atoms with Crippen LogP contribution in [0.4, 0.5) is 18.9 Å². The highest BCUT2D eigenvalue weighted by molar-refractivity contribution is 6.12. The Balaban J connectivity index is 1.75. The van der Waals surface area contributed by atoms with Crippen molar-refractivity contribution in [2.24, 2.45) is 0 Å². The number of pyridine rings is 2. The van der Waals surface area contributed by atoms with E-state index in [0.29, 0.717) is 39.3 Å². The highest BCUT2D eigenvalue weighted by atomic mass is 19.4. The summed E-state index contributed by atoms with van der Waals surface area (Å²) in [5, 5.41) is 6.65. The Labute approximate surface area is 206 Å². The first-order valence-electron chi connectivity index (χ1n) is 11.4. The van der Waals surface area contributed by atoms with Gasteiger partial charge in [-0.05, 0) is 59.2 Å². The van der Waals surface area contributed by atoms with Crippen LogP contribution in [0, 0.1) is 13.8 Å². The third-order valence-electron chi connectivity index (χ3n) is 6.04. The quantitative estimate of drug-likeness (QED) is 0.555. The fourth-order valence-electron chi connectivity index (χ4n) is 4.43. The third kappa shape index (κ3) is 4.57. The van der Waals surface area contributed by atoms with Crippen LogP contribution in [0.25, 0.3) is 11.3 Å². The number of amides is 2. The van der Waals surface area contributed by atoms with Gasteiger partial charge in [-0.1, -0.05) is 0 Å². The Morgan fingerprint density at radius 2 is 1.86 bits per heavy atom. The summed E-state index contributed by atoms with van der Waals surface area (Å²) in [6, 6.07) is 3.43. The largest absolute Gasteiger partial charge is 0.408 e. The maximum atomic E-state index is 13.4. The van der Waals surface area contributed by atoms with Crippen LogP contribution in [0.15, 0.2) is 30.7 Å². The number of alkyl halides is 3. The van der Waals surface area contributed by atoms with Crippen LogP contribution in [-0.4, -0.2) is 43.8 Å². The lowest BCUT2D eigenvalue weighted by molar-refractivity contribution is -0.142. The Morgan fingerprint density at radius 1 is 1.17 bits per heavy atom. The molecule has 190 valence electrons. The van der Waals surface area contributed by atoms with E-state index in [2.05, 4.69) is 15.4 Å². The van der Waals surface area contributed by atoms with Crippen molar-refractivity contribution in [3.8, 4) is 11.3 Å². The van der Waals surface area contributed by atoms with Gasteiger partial charge in [0.25, 0.3) is 11.8 Å². The first kappa shape index (κ1) is 25.3. The van der Waals surface area contributed by atoms with Gasteiger partial charge in [-0.3, -0.25) is 24.2 Å². The van der Waals surface area contributed by atoms with Crippen LogP contribution in [-0.2, 0) is 12.1 Å². The fraction of sp³-hybridized carbons (Fsp3) is 0.400. The molecule has 1 N–H and O–H groups in total. The van der Waals surface area contributed by atoms with Gasteiger partial charge in [0, 0.05) is 24.0 Å². The topological polar surface area (TPSA) is 93.0 Å². The Morgan fingerprint density at radius 3 is 2.50 bits per heavy atom. The number of fused-ring (bicyclic) bond motifs is 1. The van der Waals surface area contributed by atoms with Crippen molar-refractivity contribution in [2.45, 2.75) is 65.8 Å². The maximum Gasteiger partial charge on any atom is 0.408 e. The third-order valence-corrected chi connectivity index (χ3v) is 6.04. The van der Waals surface area contributed by atoms with E-state index in [4.69, 9.17) is 4.98 Å². The lowest BCUT2D eigenvalue weighted by Crippen LogP contribution is -2.39. The van der Waals surface area contributed by atoms with Crippen molar-refractivity contribution in [2.75, 3.05) is 4.90 Å². The molecule has 8 nitrogen and oxygen atoms in total. The van der Waals surface area contributed by atoms with Gasteiger partial charge < -0.3 is 5.32 Å². The molecule has 3 aromatic rings. The van der Waals surface area contributed by atoms with Gasteiger partial charge in [0.2, 0.25) is 0 Å². The standard InChI is InChI=1S/C25H27F3N6O2/c1-13(2)31-22(35)18-8-16(9-29-15(18)4)19-7-14(3)20-21(32-19)24(5,6)34(23(20)36)17-10-30-33(11-17)12-25(26,27)28/h7-11,13H,12H2,1-6H3,(H,31,35). The van der Waals surface area contributed by atoms with Crippen LogP contribution in [0.5, 0.6) is 0 Å². The van der Waals surface area contributed by atoms with Crippen LogP contribution in [0.2, 0.25) is 0 Å². The van der Waals surface area contributed by atoms with Gasteiger partial charge >= 0.3 is 6.18 Å². The number of nitrogens with one attached hydrogen (secondary N) is 1. The minimum atomic E-state index is -4.43. The van der Waals surface area contributed by atoms with E-state index in [-0.39, 0.29) is 23.5 Å². The molecule has 1 aliphatic heterocycles. The molecule has 0 radical (unpaired) electrons. The van der Waals surface area contributed by atoms with Crippen molar-refractivity contribution in [1.29, 1.82) is 0 Å². The van der Waals surface area contributed by atoms with Crippen molar-refractivity contribution in [3.05, 3.63) is 58.8 Å². The monoisotopic (exact) mass is 500 g/mol. The molecule has 0 saturated carbocycles. The summed E-state index contributed by atoms with van der Waals surface area (Å²) in [4.78, 5) is 36.6. The van der Waals surface area contributed by atoms with Crippen LogP contribution in [0.3, 0.4) is 0 Å². The number of carbonyl (C=O) groups excluding carboxylic acids is 2. The highest BCUT2D eigenvalue weighted by Crippen LogP contribution is 2.43. The Kier molecular flexibility index (Phi) is 6.14. The summed E-state index contributed by atoms with van der Waals surface area (Å²) < 4.78 is 39.2. The highest BCUT2D eigenvalue weighted by Gasteiger charge is 2.47. The summed E-state index contributed by atoms with van der Waals surface area (Å²) >= 11 is 0. The lowest BCUT2D eigenvalue weighted by atomic mass is 9.95. The van der Waals surface area contributed by atoms with Crippen LogP contribution in [0.1, 0.15) is 65.4 Å². The second-order valence-electron chi connectivity index (χ2n) is 9.74. The van der Waals surface area contributed by atoms with E-state index in [9.17, 15) is 22.8 Å². The van der Waals surface area contributed by atoms with Gasteiger partial charge in [0.15, 0.2) is 0 Å². The van der Waals surface area contributed by atoms with E-state index < -0.39 is 18.3 Å². The van der Waals surface area contributed by atoms with Gasteiger partial charge in [-0.25, -0.2) is 4.98 Å². The number of aromatic nitrogens is 4. The second kappa shape index (κ2) is 8.72. The lowest BCUT2D eigenvalue weighted by Gasteiger charge is -2.30. The Hall–Kier alpha value is -3.76. The number of hydrogen-bond donors (Lipinski definition) is 1. The molecule has 36 heavy (non-hydrogen) atoms. The number of nitrogens with zero attached hydrogens (tertiary/aromatic N) is 5. The molecule has 1 aliphatic rings. The second-order valence-corrected chi connectivity index (χ2v) is 9.74. The molecule has 0 spiro atoms. The molecule has 0 bridgehead atoms. The summed E-state index contributed by atoms with van der Waals surface area (Å²) in [6.07, 6.45) is -0.356. The van der Waals surface area contributed by atoms with Gasteiger partial charge in [0.1, 0.15) is 6.54 Å². The molecule has 0 saturated heterocycles. The zero-order valence-corrected chi connectivity index (χ0v) is 20.9. The zero-order chi connectivity index (χ0) is 26.6. The van der Waals surface area contributed by atoms with Crippen molar-refractivity contribution in [1.82, 2.24) is 25.1 Å². The number of carbonyl (C=O) groups is 2. The molecule has 0 aliphatic carbocycles. The predicted octanol–water partition coefficient (Wildman–Crippen LogP) is 4.55. The molecule has 0 aromatic carbocycles. The normalized spacial score (nSPS) is 14.9. The average molecular weight is 501 g/mol. The van der Waals surface area contributed by atoms with E-state index in [0.717, 1.165) is 4.68 Å². The average Bonchev–Trinajstić information content (AvgIpc) is 3.25. The summed E-state index contributed by atoms with van der Waals surface area (Å²) in [7, 11) is 0. The van der Waals surface area contributed by atoms with E-state index in [1.165, 1.54) is 17.3 Å². The zero-order valence-electron chi connectivity index (χ0n) is 20.9. The first-order chi connectivity index (χ1) is 16.7. The molecule has 0 fully saturated rings. The summed E-state index contributed by atoms with van der Waals surface area (Å²) in [5.41, 5.74) is 2.97. The number of hydrogen-bond acceptors (Lipinski definition) is 5. The van der Waals surface area contributed by atoms with E-state index in [1.807, 2.05) is 13.8 Å². The van der Waals surface area contributed by atoms with Gasteiger partial charge in [-0.15, -0.1) is 0 Å². The molecule has 4 rings (SSSR count). The SMILES string of the molecule is Cc1cc(-c2cnc(C)c(C(=O)NC(C)C)c2)nc2c1C(=O)N(c1cnn(CC(F)(F)F)c1)C2(C)C. The molecular weight excluding hydrogens is 473 g/mol. The van der Waals surface area contributed by atoms with Gasteiger partial charge in [0.05, 0.1) is 45.6 Å². The molecule has 4 heterocycles. The fourth-order valence-corrected chi connectivity index (χ4v) is 4.43. The minimum Gasteiger partial charge on any atom is -0.350 e. The Bertz CT molecular complexity index is 1360. The van der Waals surface area contributed by atoms with E-state index in [1.54, 1.807) is 46.0 Å². The molecule has 0 unspecified atom stereocenters. The van der Waals surface area contributed by atoms with Crippen molar-refractivity contribution < 1.29 is 22.8 Å². The number of aryl methyl sites for hydroxylation is 2. The number of rotatable bonds is 5. The molecule has 11 heteroatoms. The first-order valence-corrected chi connectivity index (χ1v) is 11.4. The van der Waals surface area contributed by atoms with Crippen molar-refractivity contribution >= 4 is 17.5 Å². The maximum absolute atomic E-state index is 13.4. The van der Waals surface area contributed by atoms with Crippen LogP contribution < -0.4 is 10.2 Å². The van der Waals surface area contributed by atoms with E-state index >= 15 is 0 Å². The molecule has 0 atom stereocenters. The number of anilines is 1. The van der Waals surface area contributed by atoms with Gasteiger partial charge in [-0.2, -0.15) is 18.3 Å². The number of halogens is 3. The minimum absolute atomic E-state index is 0.0424. The molecule has 3 aromatic heterocycles. The summed E-state index contributed by atoms with van der Waals surface area (Å²) in [5.74, 6) is -0.607. The smallest absolute Gasteiger partial charge is 0.350 e. The summed E-state index contributed by atoms with van der Waals surface area (Å²) in [6.45, 7) is 9.58. The van der Waals surface area contributed by atoms with Crippen LogP contribution >= 0.6 is 0 Å². The molecule has 2 amide bonds. The van der Waals surface area contributed by atoms with Crippen molar-refractivity contribution in [3.63, 3.8) is 0 Å². The predicted molar refractivity (Wildman–Crippen MR) is 128 cm³/mol. The molecular formula is C25H27F3N6O2.